The van der Waals surface area contributed by atoms with Gasteiger partial charge in [-0.3, -0.25) is 0 Å². The first kappa shape index (κ1) is 11.9. The van der Waals surface area contributed by atoms with Gasteiger partial charge in [-0.1, -0.05) is 6.07 Å². The van der Waals surface area contributed by atoms with E-state index in [-0.39, 0.29) is 5.88 Å². The van der Waals surface area contributed by atoms with Gasteiger partial charge in [0.2, 0.25) is 0 Å². The Morgan fingerprint density at radius 1 is 1.35 bits per heavy atom. The molecule has 2 rings (SSSR count). The average molecular weight is 253 g/mol. The summed E-state index contributed by atoms with van der Waals surface area (Å²) in [5.74, 6) is 0.216. The predicted octanol–water partition coefficient (Wildman–Crippen LogP) is 1.28. The highest BCUT2D eigenvalue weighted by molar-refractivity contribution is 6.18. The summed E-state index contributed by atoms with van der Waals surface area (Å²) in [6.45, 7) is 0.416. The molecule has 0 saturated carbocycles. The molecule has 1 atom stereocenters. The maximum atomic E-state index is 9.35. The number of hydrogen-bond acceptors (Lipinski definition) is 4. The lowest BCUT2D eigenvalue weighted by molar-refractivity contribution is 0.211. The summed E-state index contributed by atoms with van der Waals surface area (Å²) in [5, 5.41) is 20.5. The molecule has 1 unspecified atom stereocenters. The number of nitrogens with one attached hydrogen (secondary N) is 1. The van der Waals surface area contributed by atoms with Gasteiger partial charge in [-0.05, 0) is 18.2 Å². The Kier molecular flexibility index (Phi) is 3.95. The first-order chi connectivity index (χ1) is 8.29. The van der Waals surface area contributed by atoms with E-state index < -0.39 is 6.10 Å². The molecule has 0 fully saturated rings. The molecule has 0 spiro atoms. The number of aliphatic hydroxyl groups is 1. The van der Waals surface area contributed by atoms with Crippen molar-refractivity contribution in [2.45, 2.75) is 6.10 Å². The number of hydrogen-bond donors (Lipinski definition) is 2. The fraction of sp³-hybridized carbons (Fsp3) is 0.273. The minimum Gasteiger partial charge on any atom is -0.390 e. The van der Waals surface area contributed by atoms with Gasteiger partial charge in [0.05, 0.1) is 30.1 Å². The van der Waals surface area contributed by atoms with Gasteiger partial charge < -0.3 is 10.4 Å². The second-order valence-electron chi connectivity index (χ2n) is 3.56. The molecular weight excluding hydrogens is 240 g/mol. The highest BCUT2D eigenvalue weighted by atomic mass is 35.5. The van der Waals surface area contributed by atoms with Gasteiger partial charge in [0.1, 0.15) is 0 Å². The van der Waals surface area contributed by atoms with Crippen LogP contribution in [0.5, 0.6) is 0 Å². The number of aromatic nitrogens is 3. The van der Waals surface area contributed by atoms with Crippen molar-refractivity contribution in [3.63, 3.8) is 0 Å². The van der Waals surface area contributed by atoms with Crippen molar-refractivity contribution in [1.29, 1.82) is 0 Å². The van der Waals surface area contributed by atoms with Gasteiger partial charge >= 0.3 is 0 Å². The van der Waals surface area contributed by atoms with E-state index in [4.69, 9.17) is 11.6 Å². The molecule has 2 N–H and O–H groups in total. The molecule has 1 aromatic carbocycles. The van der Waals surface area contributed by atoms with Gasteiger partial charge in [-0.15, -0.1) is 11.6 Å². The summed E-state index contributed by atoms with van der Waals surface area (Å²) >= 11 is 5.52. The summed E-state index contributed by atoms with van der Waals surface area (Å²) in [7, 11) is 0. The Morgan fingerprint density at radius 3 is 2.82 bits per heavy atom. The van der Waals surface area contributed by atoms with Crippen LogP contribution in [0.25, 0.3) is 5.69 Å². The van der Waals surface area contributed by atoms with Crippen LogP contribution in [0, 0.1) is 0 Å². The van der Waals surface area contributed by atoms with E-state index in [0.29, 0.717) is 6.54 Å². The lowest BCUT2D eigenvalue weighted by Gasteiger charge is -2.10. The summed E-state index contributed by atoms with van der Waals surface area (Å²) in [6.07, 6.45) is 2.69. The Bertz CT molecular complexity index is 460. The first-order valence-electron chi connectivity index (χ1n) is 5.24. The van der Waals surface area contributed by atoms with Gasteiger partial charge in [-0.25, -0.2) is 0 Å². The number of alkyl halides is 1. The number of rotatable bonds is 5. The molecule has 0 aliphatic carbocycles. The van der Waals surface area contributed by atoms with E-state index in [2.05, 4.69) is 15.5 Å². The van der Waals surface area contributed by atoms with Crippen LogP contribution in [-0.2, 0) is 0 Å². The van der Waals surface area contributed by atoms with Crippen LogP contribution in [0.2, 0.25) is 0 Å². The molecular formula is C11H13ClN4O. The zero-order valence-corrected chi connectivity index (χ0v) is 9.88. The Balaban J connectivity index is 2.07. The van der Waals surface area contributed by atoms with Crippen molar-refractivity contribution in [2.24, 2.45) is 0 Å². The third-order valence-electron chi connectivity index (χ3n) is 2.22. The van der Waals surface area contributed by atoms with Gasteiger partial charge in [0.25, 0.3) is 0 Å². The van der Waals surface area contributed by atoms with Gasteiger partial charge in [0.15, 0.2) is 0 Å². The molecule has 0 saturated heterocycles. The van der Waals surface area contributed by atoms with E-state index in [0.717, 1.165) is 11.4 Å². The topological polar surface area (TPSA) is 63.0 Å². The molecule has 2 aromatic rings. The number of nitrogens with zero attached hydrogens (tertiary/aromatic N) is 3. The largest absolute Gasteiger partial charge is 0.390 e. The smallest absolute Gasteiger partial charge is 0.0877 e. The summed E-state index contributed by atoms with van der Waals surface area (Å²) in [4.78, 5) is 1.53. The number of halogens is 1. The molecule has 1 heterocycles. The number of benzene rings is 1. The molecule has 0 amide bonds. The molecule has 5 nitrogen and oxygen atoms in total. The van der Waals surface area contributed by atoms with Crippen molar-refractivity contribution < 1.29 is 5.11 Å². The lowest BCUT2D eigenvalue weighted by Crippen LogP contribution is -2.20. The molecule has 0 aliphatic rings. The Hall–Kier alpha value is -1.59. The second kappa shape index (κ2) is 5.65. The first-order valence-corrected chi connectivity index (χ1v) is 5.77. The van der Waals surface area contributed by atoms with Crippen molar-refractivity contribution in [1.82, 2.24) is 15.0 Å². The zero-order chi connectivity index (χ0) is 12.1. The third-order valence-corrected chi connectivity index (χ3v) is 2.57. The second-order valence-corrected chi connectivity index (χ2v) is 3.87. The lowest BCUT2D eigenvalue weighted by atomic mass is 10.2. The molecule has 0 bridgehead atoms. The quantitative estimate of drug-likeness (QED) is 0.787. The van der Waals surface area contributed by atoms with Crippen molar-refractivity contribution >= 4 is 17.3 Å². The SMILES string of the molecule is OC(CCl)CNc1cccc(-n2nccn2)c1. The van der Waals surface area contributed by atoms with Crippen LogP contribution >= 0.6 is 11.6 Å². The predicted molar refractivity (Wildman–Crippen MR) is 66.6 cm³/mol. The fourth-order valence-corrected chi connectivity index (χ4v) is 1.49. The zero-order valence-electron chi connectivity index (χ0n) is 9.12. The van der Waals surface area contributed by atoms with Crippen LogP contribution in [0.4, 0.5) is 5.69 Å². The third kappa shape index (κ3) is 3.18. The highest BCUT2D eigenvalue weighted by Gasteiger charge is 2.03. The summed E-state index contributed by atoms with van der Waals surface area (Å²) in [5.41, 5.74) is 1.75. The van der Waals surface area contributed by atoms with E-state index in [1.807, 2.05) is 24.3 Å². The fourth-order valence-electron chi connectivity index (χ4n) is 1.38. The molecule has 1 aromatic heterocycles. The van der Waals surface area contributed by atoms with Crippen LogP contribution < -0.4 is 5.32 Å². The standard InChI is InChI=1S/C11H13ClN4O/c12-7-11(17)8-13-9-2-1-3-10(6-9)16-14-4-5-15-16/h1-6,11,13,17H,7-8H2. The van der Waals surface area contributed by atoms with Crippen molar-refractivity contribution in [3.8, 4) is 5.69 Å². The molecule has 0 radical (unpaired) electrons. The summed E-state index contributed by atoms with van der Waals surface area (Å²) < 4.78 is 0. The summed E-state index contributed by atoms with van der Waals surface area (Å²) in [6, 6.07) is 7.62. The highest BCUT2D eigenvalue weighted by Crippen LogP contribution is 2.12. The number of aliphatic hydroxyl groups excluding tert-OH is 1. The normalized spacial score (nSPS) is 12.4. The average Bonchev–Trinajstić information content (AvgIpc) is 2.90. The Morgan fingerprint density at radius 2 is 2.12 bits per heavy atom. The van der Waals surface area contributed by atoms with Gasteiger partial charge in [0, 0.05) is 12.2 Å². The molecule has 17 heavy (non-hydrogen) atoms. The maximum absolute atomic E-state index is 9.35. The van der Waals surface area contributed by atoms with Crippen molar-refractivity contribution in [3.05, 3.63) is 36.7 Å². The molecule has 6 heteroatoms. The molecule has 0 aliphatic heterocycles. The Labute approximate surface area is 104 Å². The monoisotopic (exact) mass is 252 g/mol. The van der Waals surface area contributed by atoms with Crippen LogP contribution in [0.15, 0.2) is 36.7 Å². The van der Waals surface area contributed by atoms with Crippen molar-refractivity contribution in [2.75, 3.05) is 17.7 Å². The number of anilines is 1. The minimum absolute atomic E-state index is 0.216. The minimum atomic E-state index is -0.553. The van der Waals surface area contributed by atoms with E-state index in [1.165, 1.54) is 4.80 Å². The van der Waals surface area contributed by atoms with E-state index >= 15 is 0 Å². The molecule has 90 valence electrons. The van der Waals surface area contributed by atoms with E-state index in [9.17, 15) is 5.11 Å². The maximum Gasteiger partial charge on any atom is 0.0877 e. The van der Waals surface area contributed by atoms with Gasteiger partial charge in [-0.2, -0.15) is 15.0 Å². The van der Waals surface area contributed by atoms with E-state index in [1.54, 1.807) is 12.4 Å². The van der Waals surface area contributed by atoms with Crippen LogP contribution in [0.3, 0.4) is 0 Å². The van der Waals surface area contributed by atoms with Crippen LogP contribution in [-0.4, -0.2) is 38.6 Å². The van der Waals surface area contributed by atoms with Crippen LogP contribution in [0.1, 0.15) is 0 Å².